The molecule has 0 aliphatic carbocycles. The van der Waals surface area contributed by atoms with Crippen LogP contribution in [0.3, 0.4) is 0 Å². The van der Waals surface area contributed by atoms with E-state index >= 15 is 0 Å². The molecule has 6 heteroatoms. The van der Waals surface area contributed by atoms with E-state index in [-0.39, 0.29) is 0 Å². The Morgan fingerprint density at radius 3 is 2.12 bits per heavy atom. The summed E-state index contributed by atoms with van der Waals surface area (Å²) in [6, 6.07) is 0. The van der Waals surface area contributed by atoms with Gasteiger partial charge in [-0.2, -0.15) is 0 Å². The van der Waals surface area contributed by atoms with Crippen LogP contribution in [0.5, 0.6) is 0 Å². The minimum atomic E-state index is -3.25. The van der Waals surface area contributed by atoms with Crippen LogP contribution in [0.2, 0.25) is 0 Å². The predicted octanol–water partition coefficient (Wildman–Crippen LogP) is -0.851. The van der Waals surface area contributed by atoms with Gasteiger partial charge in [-0.25, -0.2) is 9.79 Å². The maximum atomic E-state index is 9.90. The van der Waals surface area contributed by atoms with Crippen molar-refractivity contribution in [3.8, 4) is 0 Å². The third-order valence-corrected chi connectivity index (χ3v) is 1.53. The predicted molar refractivity (Wildman–Crippen MR) is 34.4 cm³/mol. The van der Waals surface area contributed by atoms with Gasteiger partial charge in [0.25, 0.3) is 5.91 Å². The second-order valence-electron chi connectivity index (χ2n) is 1.32. The molecule has 4 N–H and O–H groups in total. The summed E-state index contributed by atoms with van der Waals surface area (Å²) in [6.45, 7) is -3.25. The number of carbonyl (C=O) groups is 1. The molecule has 0 spiro atoms. The summed E-state index contributed by atoms with van der Waals surface area (Å²) in [5, 5.41) is 0. The molecule has 4 nitrogen and oxygen atoms in total. The SMILES string of the molecule is NC(=O)C[P+](O)(O)S. The third kappa shape index (κ3) is 6.17. The molecule has 0 heterocycles. The van der Waals surface area contributed by atoms with Crippen molar-refractivity contribution >= 4 is 25.1 Å². The highest BCUT2D eigenvalue weighted by Crippen LogP contribution is 2.54. The number of carbonyl (C=O) groups excluding carboxylic acids is 1. The van der Waals surface area contributed by atoms with Crippen LogP contribution in [-0.2, 0) is 4.79 Å². The first-order chi connectivity index (χ1) is 3.42. The molecule has 0 aliphatic heterocycles. The van der Waals surface area contributed by atoms with Gasteiger partial charge in [-0.05, 0) is 0 Å². The van der Waals surface area contributed by atoms with Gasteiger partial charge in [0.05, 0.1) is 12.2 Å². The van der Waals surface area contributed by atoms with Gasteiger partial charge in [-0.1, -0.05) is 0 Å². The zero-order valence-corrected chi connectivity index (χ0v) is 5.77. The summed E-state index contributed by atoms with van der Waals surface area (Å²) in [6.07, 6.45) is -0.448. The number of rotatable bonds is 2. The highest BCUT2D eigenvalue weighted by atomic mass is 32.7. The van der Waals surface area contributed by atoms with Crippen LogP contribution in [0.25, 0.3) is 0 Å². The summed E-state index contributed by atoms with van der Waals surface area (Å²) >= 11 is 3.32. The summed E-state index contributed by atoms with van der Waals surface area (Å²) in [7, 11) is 0. The van der Waals surface area contributed by atoms with Crippen molar-refractivity contribution in [3.63, 3.8) is 0 Å². The maximum Gasteiger partial charge on any atom is 0.333 e. The van der Waals surface area contributed by atoms with Crippen molar-refractivity contribution in [2.45, 2.75) is 0 Å². The number of hydrogen-bond donors (Lipinski definition) is 4. The highest BCUT2D eigenvalue weighted by Gasteiger charge is 2.30. The number of thiol groups is 1. The molecule has 0 saturated carbocycles. The topological polar surface area (TPSA) is 83.6 Å². The van der Waals surface area contributed by atoms with Crippen LogP contribution in [0, 0.1) is 0 Å². The fraction of sp³-hybridized carbons (Fsp3) is 0.500. The van der Waals surface area contributed by atoms with Gasteiger partial charge in [0.2, 0.25) is 6.16 Å². The van der Waals surface area contributed by atoms with Crippen LogP contribution in [0.1, 0.15) is 0 Å². The van der Waals surface area contributed by atoms with Crippen LogP contribution in [0.15, 0.2) is 0 Å². The van der Waals surface area contributed by atoms with Gasteiger partial charge in [0.15, 0.2) is 0 Å². The normalized spacial score (nSPS) is 11.4. The first-order valence-corrected chi connectivity index (χ1v) is 4.80. The maximum absolute atomic E-state index is 9.90. The Hall–Kier alpha value is 0.170. The van der Waals surface area contributed by atoms with E-state index in [1.54, 1.807) is 0 Å². The van der Waals surface area contributed by atoms with E-state index in [0.717, 1.165) is 0 Å². The summed E-state index contributed by atoms with van der Waals surface area (Å²) in [5.41, 5.74) is 4.60. The van der Waals surface area contributed by atoms with Crippen LogP contribution in [0.4, 0.5) is 0 Å². The van der Waals surface area contributed by atoms with Crippen molar-refractivity contribution in [1.82, 2.24) is 0 Å². The molecule has 0 aromatic rings. The van der Waals surface area contributed by atoms with E-state index in [0.29, 0.717) is 0 Å². The summed E-state index contributed by atoms with van der Waals surface area (Å²) in [4.78, 5) is 26.7. The molecule has 8 heavy (non-hydrogen) atoms. The standard InChI is InChI=1S/C2H6NO3PS/c3-2(4)1-7(5,6)8/h5-6,8H,1H2,(H-,3,4)/p+1. The Balaban J connectivity index is 3.55. The molecule has 0 radical (unpaired) electrons. The molecule has 1 amide bonds. The van der Waals surface area contributed by atoms with Crippen molar-refractivity contribution < 1.29 is 14.6 Å². The fourth-order valence-electron chi connectivity index (χ4n) is 0.209. The lowest BCUT2D eigenvalue weighted by Gasteiger charge is -1.98. The van der Waals surface area contributed by atoms with Gasteiger partial charge < -0.3 is 5.73 Å². The minimum Gasteiger partial charge on any atom is -0.366 e. The van der Waals surface area contributed by atoms with Gasteiger partial charge >= 0.3 is 6.92 Å². The van der Waals surface area contributed by atoms with Gasteiger partial charge in [0.1, 0.15) is 0 Å². The van der Waals surface area contributed by atoms with Gasteiger partial charge in [0, 0.05) is 0 Å². The quantitative estimate of drug-likeness (QED) is 0.310. The molecule has 0 fully saturated rings. The molecular formula is C2H7NO3PS+. The molecule has 0 unspecified atom stereocenters. The molecule has 0 saturated heterocycles. The van der Waals surface area contributed by atoms with Crippen molar-refractivity contribution in [3.05, 3.63) is 0 Å². The Labute approximate surface area is 52.4 Å². The fourth-order valence-corrected chi connectivity index (χ4v) is 1.05. The average molecular weight is 156 g/mol. The Morgan fingerprint density at radius 1 is 1.75 bits per heavy atom. The number of nitrogens with two attached hydrogens (primary N) is 1. The molecule has 48 valence electrons. The molecule has 0 bridgehead atoms. The molecule has 0 rings (SSSR count). The molecule has 0 aliphatic rings. The van der Waals surface area contributed by atoms with E-state index < -0.39 is 19.0 Å². The largest absolute Gasteiger partial charge is 0.366 e. The molecular weight excluding hydrogens is 149 g/mol. The number of hydrogen-bond acceptors (Lipinski definition) is 4. The van der Waals surface area contributed by atoms with Gasteiger partial charge in [-0.15, -0.1) is 0 Å². The van der Waals surface area contributed by atoms with Crippen LogP contribution in [-0.4, -0.2) is 21.9 Å². The molecule has 0 atom stereocenters. The monoisotopic (exact) mass is 156 g/mol. The van der Waals surface area contributed by atoms with Crippen molar-refractivity contribution in [1.29, 1.82) is 0 Å². The number of primary amides is 1. The lowest BCUT2D eigenvalue weighted by molar-refractivity contribution is -0.115. The molecule has 0 aromatic heterocycles. The smallest absolute Gasteiger partial charge is 0.333 e. The van der Waals surface area contributed by atoms with Crippen molar-refractivity contribution in [2.24, 2.45) is 5.73 Å². The lowest BCUT2D eigenvalue weighted by Crippen LogP contribution is -2.16. The van der Waals surface area contributed by atoms with E-state index in [4.69, 9.17) is 9.79 Å². The first-order valence-electron chi connectivity index (χ1n) is 1.76. The first kappa shape index (κ1) is 8.17. The van der Waals surface area contributed by atoms with E-state index in [1.165, 1.54) is 0 Å². The number of amides is 1. The van der Waals surface area contributed by atoms with Gasteiger partial charge in [-0.3, -0.25) is 4.79 Å². The Morgan fingerprint density at radius 2 is 2.12 bits per heavy atom. The van der Waals surface area contributed by atoms with Crippen molar-refractivity contribution in [2.75, 3.05) is 6.16 Å². The van der Waals surface area contributed by atoms with E-state index in [9.17, 15) is 4.79 Å². The second-order valence-corrected chi connectivity index (χ2v) is 4.94. The second kappa shape index (κ2) is 2.64. The Bertz CT molecular complexity index is 99.9. The van der Waals surface area contributed by atoms with Crippen LogP contribution >= 0.6 is 19.2 Å². The van der Waals surface area contributed by atoms with Crippen LogP contribution < -0.4 is 5.73 Å². The van der Waals surface area contributed by atoms with E-state index in [1.807, 2.05) is 0 Å². The molecule has 0 aromatic carbocycles. The van der Waals surface area contributed by atoms with E-state index in [2.05, 4.69) is 18.0 Å². The lowest BCUT2D eigenvalue weighted by atomic mass is 10.8. The zero-order chi connectivity index (χ0) is 6.78. The minimum absolute atomic E-state index is 0.448. The third-order valence-electron chi connectivity index (χ3n) is 0.368. The average Bonchev–Trinajstić information content (AvgIpc) is 1.21. The summed E-state index contributed by atoms with van der Waals surface area (Å²) in [5.74, 6) is -0.752. The zero-order valence-electron chi connectivity index (χ0n) is 3.98. The Kier molecular flexibility index (Phi) is 2.70. The highest BCUT2D eigenvalue weighted by molar-refractivity contribution is 8.49. The summed E-state index contributed by atoms with van der Waals surface area (Å²) < 4.78 is 0.